The molecule has 0 aliphatic carbocycles. The summed E-state index contributed by atoms with van der Waals surface area (Å²) in [5, 5.41) is 21.0. The molecule has 144 valence electrons. The van der Waals surface area contributed by atoms with E-state index in [-0.39, 0.29) is 5.69 Å². The lowest BCUT2D eigenvalue weighted by molar-refractivity contribution is -0.383. The highest BCUT2D eigenvalue weighted by Gasteiger charge is 2.13. The zero-order chi connectivity index (χ0) is 19.9. The predicted molar refractivity (Wildman–Crippen MR) is 109 cm³/mol. The highest BCUT2D eigenvalue weighted by molar-refractivity contribution is 5.98. The molecule has 0 bridgehead atoms. The third kappa shape index (κ3) is 4.30. The summed E-state index contributed by atoms with van der Waals surface area (Å²) in [7, 11) is 0. The number of likely N-dealkylation sites (N-methyl/N-ethyl adjacent to an activating group) is 1. The minimum atomic E-state index is -0.392. The van der Waals surface area contributed by atoms with Crippen LogP contribution in [0.25, 0.3) is 10.8 Å². The van der Waals surface area contributed by atoms with E-state index in [1.54, 1.807) is 24.3 Å². The van der Waals surface area contributed by atoms with Crippen molar-refractivity contribution < 1.29 is 9.76 Å². The van der Waals surface area contributed by atoms with E-state index in [0.717, 1.165) is 12.2 Å². The quantitative estimate of drug-likeness (QED) is 0.341. The zero-order valence-corrected chi connectivity index (χ0v) is 15.5. The number of azo groups is 1. The average Bonchev–Trinajstić information content (AvgIpc) is 2.73. The standard InChI is InChI=1S/C20H21N5O3/c1-2-24(13-14-28-21)16-9-7-15(8-10-16)22-23-19-11-12-20(25(26)27)18-6-4-3-5-17(18)19/h3-12H,2,13-14,21H2,1H3. The van der Waals surface area contributed by atoms with Gasteiger partial charge < -0.3 is 9.74 Å². The topological polar surface area (TPSA) is 106 Å². The molecule has 0 aromatic heterocycles. The van der Waals surface area contributed by atoms with E-state index in [1.807, 2.05) is 30.3 Å². The molecule has 3 rings (SSSR count). The third-order valence-corrected chi connectivity index (χ3v) is 4.42. The molecule has 0 aliphatic rings. The summed E-state index contributed by atoms with van der Waals surface area (Å²) in [6, 6.07) is 17.8. The van der Waals surface area contributed by atoms with Crippen molar-refractivity contribution in [2.75, 3.05) is 24.6 Å². The molecule has 0 spiro atoms. The molecular weight excluding hydrogens is 358 g/mol. The summed E-state index contributed by atoms with van der Waals surface area (Å²) in [6.07, 6.45) is 0. The molecule has 3 aromatic rings. The highest BCUT2D eigenvalue weighted by Crippen LogP contribution is 2.34. The van der Waals surface area contributed by atoms with Gasteiger partial charge in [0.15, 0.2) is 0 Å². The Kier molecular flexibility index (Phi) is 6.25. The van der Waals surface area contributed by atoms with Crippen molar-refractivity contribution in [3.05, 3.63) is 70.8 Å². The van der Waals surface area contributed by atoms with Gasteiger partial charge in [0.05, 0.1) is 28.3 Å². The molecule has 0 saturated carbocycles. The largest absolute Gasteiger partial charge is 0.369 e. The SMILES string of the molecule is CCN(CCON)c1ccc(N=Nc2ccc([N+](=O)[O-])c3ccccc23)cc1. The molecule has 28 heavy (non-hydrogen) atoms. The smallest absolute Gasteiger partial charge is 0.277 e. The van der Waals surface area contributed by atoms with Crippen LogP contribution in [0.3, 0.4) is 0 Å². The minimum Gasteiger partial charge on any atom is -0.369 e. The van der Waals surface area contributed by atoms with Crippen molar-refractivity contribution >= 4 is 33.5 Å². The van der Waals surface area contributed by atoms with Gasteiger partial charge in [-0.3, -0.25) is 10.1 Å². The van der Waals surface area contributed by atoms with Gasteiger partial charge in [-0.15, -0.1) is 5.11 Å². The number of nitrogens with zero attached hydrogens (tertiary/aromatic N) is 4. The first-order chi connectivity index (χ1) is 13.6. The van der Waals surface area contributed by atoms with Crippen LogP contribution in [0.15, 0.2) is 70.9 Å². The van der Waals surface area contributed by atoms with Crippen LogP contribution in [-0.2, 0) is 4.84 Å². The van der Waals surface area contributed by atoms with Crippen molar-refractivity contribution in [1.29, 1.82) is 0 Å². The van der Waals surface area contributed by atoms with E-state index >= 15 is 0 Å². The monoisotopic (exact) mass is 379 g/mol. The van der Waals surface area contributed by atoms with Gasteiger partial charge >= 0.3 is 0 Å². The van der Waals surface area contributed by atoms with Crippen molar-refractivity contribution in [1.82, 2.24) is 0 Å². The molecule has 0 atom stereocenters. The van der Waals surface area contributed by atoms with E-state index in [2.05, 4.69) is 26.9 Å². The van der Waals surface area contributed by atoms with E-state index in [9.17, 15) is 10.1 Å². The molecule has 0 radical (unpaired) electrons. The fourth-order valence-corrected chi connectivity index (χ4v) is 2.99. The molecule has 2 N–H and O–H groups in total. The van der Waals surface area contributed by atoms with E-state index in [0.29, 0.717) is 35.3 Å². The zero-order valence-electron chi connectivity index (χ0n) is 15.5. The van der Waals surface area contributed by atoms with Crippen LogP contribution in [0.5, 0.6) is 0 Å². The Balaban J connectivity index is 1.84. The van der Waals surface area contributed by atoms with E-state index in [4.69, 9.17) is 5.90 Å². The number of nitrogens with two attached hydrogens (primary N) is 1. The summed E-state index contributed by atoms with van der Waals surface area (Å²) in [5.74, 6) is 5.10. The molecule has 0 fully saturated rings. The van der Waals surface area contributed by atoms with Crippen LogP contribution in [0, 0.1) is 10.1 Å². The second-order valence-electron chi connectivity index (χ2n) is 6.07. The Labute approximate surface area is 162 Å². The van der Waals surface area contributed by atoms with Gasteiger partial charge in [-0.1, -0.05) is 18.2 Å². The molecule has 8 nitrogen and oxygen atoms in total. The number of benzene rings is 3. The molecule has 0 saturated heterocycles. The van der Waals surface area contributed by atoms with Crippen LogP contribution in [0.4, 0.5) is 22.7 Å². The Morgan fingerprint density at radius 2 is 1.75 bits per heavy atom. The second-order valence-corrected chi connectivity index (χ2v) is 6.07. The van der Waals surface area contributed by atoms with Gasteiger partial charge in [-0.05, 0) is 43.3 Å². The number of rotatable bonds is 8. The first-order valence-corrected chi connectivity index (χ1v) is 8.88. The number of anilines is 1. The van der Waals surface area contributed by atoms with E-state index in [1.165, 1.54) is 6.07 Å². The maximum Gasteiger partial charge on any atom is 0.277 e. The Bertz CT molecular complexity index is 989. The molecule has 8 heteroatoms. The molecule has 0 heterocycles. The first kappa shape index (κ1) is 19.4. The number of fused-ring (bicyclic) bond motifs is 1. The maximum absolute atomic E-state index is 11.2. The number of hydrogen-bond donors (Lipinski definition) is 1. The second kappa shape index (κ2) is 9.03. The van der Waals surface area contributed by atoms with Crippen LogP contribution in [0.2, 0.25) is 0 Å². The van der Waals surface area contributed by atoms with Crippen LogP contribution in [0.1, 0.15) is 6.92 Å². The lowest BCUT2D eigenvalue weighted by Gasteiger charge is -2.22. The highest BCUT2D eigenvalue weighted by atomic mass is 16.6. The van der Waals surface area contributed by atoms with Crippen molar-refractivity contribution in [3.8, 4) is 0 Å². The molecule has 0 unspecified atom stereocenters. The normalized spacial score (nSPS) is 11.2. The third-order valence-electron chi connectivity index (χ3n) is 4.42. The van der Waals surface area contributed by atoms with Gasteiger partial charge in [-0.25, -0.2) is 5.90 Å². The molecule has 3 aromatic carbocycles. The lowest BCUT2D eigenvalue weighted by Crippen LogP contribution is -2.27. The molecule has 0 aliphatic heterocycles. The fraction of sp³-hybridized carbons (Fsp3) is 0.200. The minimum absolute atomic E-state index is 0.0556. The summed E-state index contributed by atoms with van der Waals surface area (Å²) in [5.41, 5.74) is 2.37. The van der Waals surface area contributed by atoms with Crippen LogP contribution in [-0.4, -0.2) is 24.6 Å². The summed E-state index contributed by atoms with van der Waals surface area (Å²) < 4.78 is 0. The summed E-state index contributed by atoms with van der Waals surface area (Å²) in [6.45, 7) is 4.04. The predicted octanol–water partition coefficient (Wildman–Crippen LogP) is 4.88. The van der Waals surface area contributed by atoms with Gasteiger partial charge in [0.2, 0.25) is 0 Å². The molecule has 0 amide bonds. The number of nitro groups is 1. The van der Waals surface area contributed by atoms with Crippen molar-refractivity contribution in [3.63, 3.8) is 0 Å². The number of hydrogen-bond acceptors (Lipinski definition) is 7. The van der Waals surface area contributed by atoms with Gasteiger partial charge in [0, 0.05) is 30.2 Å². The first-order valence-electron chi connectivity index (χ1n) is 8.88. The number of non-ortho nitro benzene ring substituents is 1. The van der Waals surface area contributed by atoms with Crippen molar-refractivity contribution in [2.45, 2.75) is 6.92 Å². The van der Waals surface area contributed by atoms with Gasteiger partial charge in [0.25, 0.3) is 5.69 Å². The molecular formula is C20H21N5O3. The lowest BCUT2D eigenvalue weighted by atomic mass is 10.1. The van der Waals surface area contributed by atoms with Crippen LogP contribution >= 0.6 is 0 Å². The fourth-order valence-electron chi connectivity index (χ4n) is 2.99. The summed E-state index contributed by atoms with van der Waals surface area (Å²) >= 11 is 0. The van der Waals surface area contributed by atoms with Gasteiger partial charge in [0.1, 0.15) is 0 Å². The van der Waals surface area contributed by atoms with Crippen molar-refractivity contribution in [2.24, 2.45) is 16.1 Å². The average molecular weight is 379 g/mol. The van der Waals surface area contributed by atoms with Crippen LogP contribution < -0.4 is 10.8 Å². The Hall–Kier alpha value is -3.36. The number of nitro benzene ring substituents is 1. The maximum atomic E-state index is 11.2. The Morgan fingerprint density at radius 3 is 2.39 bits per heavy atom. The van der Waals surface area contributed by atoms with Gasteiger partial charge in [-0.2, -0.15) is 5.11 Å². The van der Waals surface area contributed by atoms with E-state index < -0.39 is 4.92 Å². The Morgan fingerprint density at radius 1 is 1.04 bits per heavy atom. The summed E-state index contributed by atoms with van der Waals surface area (Å²) in [4.78, 5) is 17.6.